The van der Waals surface area contributed by atoms with Crippen LogP contribution >= 0.6 is 0 Å². The third-order valence-electron chi connectivity index (χ3n) is 7.60. The average Bonchev–Trinajstić information content (AvgIpc) is 3.03. The van der Waals surface area contributed by atoms with Crippen molar-refractivity contribution in [1.82, 2.24) is 26.6 Å². The summed E-state index contributed by atoms with van der Waals surface area (Å²) >= 11 is 0. The molecular formula is C33H49N9O9. The van der Waals surface area contributed by atoms with E-state index in [-0.39, 0.29) is 43.3 Å². The number of nitrogens with one attached hydrogen (secondary N) is 6. The molecule has 0 bridgehead atoms. The highest BCUT2D eigenvalue weighted by molar-refractivity contribution is 6.00. The summed E-state index contributed by atoms with van der Waals surface area (Å²) < 4.78 is 5.28. The van der Waals surface area contributed by atoms with E-state index < -0.39 is 65.4 Å². The Bertz CT molecular complexity index is 1650. The summed E-state index contributed by atoms with van der Waals surface area (Å²) in [6.07, 6.45) is 0.103. The number of hydrogen-bond donors (Lipinski definition) is 9. The van der Waals surface area contributed by atoms with Crippen molar-refractivity contribution in [2.75, 3.05) is 18.4 Å². The standard InChI is InChI=1S/C33H49N9O9/c1-17-15-27(46)51-26-16-22(11-12-23(17)26)40-30(48)24(9-6-7-13-36-20(4)44)42-31(49)25(10-8-14-37-33(34)35)41-29(47)18(2)38-32(50)28(19(3)43)39-21(5)45/h11-12,15-16,18-19,24-25,28,43H,6-10,13-14H2,1-5H3,(H,36,44)(H,38,50)(H,39,45)(H,40,48)(H,41,47)(H,42,49)(H4,34,35,37)/t18-,19+,24-,25-,28-/m0/s1. The quantitative estimate of drug-likeness (QED) is 0.0359. The van der Waals surface area contributed by atoms with Crippen LogP contribution in [0, 0.1) is 6.92 Å². The third kappa shape index (κ3) is 14.5. The van der Waals surface area contributed by atoms with Crippen LogP contribution in [0.4, 0.5) is 5.69 Å². The predicted molar refractivity (Wildman–Crippen MR) is 189 cm³/mol. The molecule has 51 heavy (non-hydrogen) atoms. The molecule has 18 heteroatoms. The summed E-state index contributed by atoms with van der Waals surface area (Å²) in [6.45, 7) is 7.44. The van der Waals surface area contributed by atoms with Crippen molar-refractivity contribution in [2.45, 2.75) is 97.0 Å². The second-order valence-corrected chi connectivity index (χ2v) is 12.1. The van der Waals surface area contributed by atoms with E-state index in [2.05, 4.69) is 36.9 Å². The molecule has 2 rings (SSSR count). The van der Waals surface area contributed by atoms with Crippen molar-refractivity contribution in [2.24, 2.45) is 16.5 Å². The highest BCUT2D eigenvalue weighted by atomic mass is 16.4. The van der Waals surface area contributed by atoms with Crippen LogP contribution in [0.1, 0.15) is 65.4 Å². The van der Waals surface area contributed by atoms with Gasteiger partial charge in [-0.25, -0.2) is 4.79 Å². The van der Waals surface area contributed by atoms with Gasteiger partial charge < -0.3 is 52.9 Å². The molecule has 1 aromatic heterocycles. The maximum Gasteiger partial charge on any atom is 0.336 e. The minimum Gasteiger partial charge on any atom is -0.423 e. The van der Waals surface area contributed by atoms with Crippen LogP contribution in [0.3, 0.4) is 0 Å². The Balaban J connectivity index is 2.28. The maximum absolute atomic E-state index is 13.7. The molecule has 0 aliphatic rings. The van der Waals surface area contributed by atoms with Gasteiger partial charge in [-0.15, -0.1) is 0 Å². The number of anilines is 1. The minimum atomic E-state index is -1.33. The van der Waals surface area contributed by atoms with Crippen molar-refractivity contribution < 1.29 is 38.3 Å². The molecule has 0 aliphatic carbocycles. The monoisotopic (exact) mass is 715 g/mol. The number of aliphatic hydroxyl groups is 1. The Labute approximate surface area is 294 Å². The van der Waals surface area contributed by atoms with Gasteiger partial charge >= 0.3 is 5.63 Å². The molecule has 0 fully saturated rings. The number of rotatable bonds is 19. The summed E-state index contributed by atoms with van der Waals surface area (Å²) in [4.78, 5) is 91.8. The second kappa shape index (κ2) is 20.2. The van der Waals surface area contributed by atoms with E-state index in [9.17, 15) is 38.7 Å². The van der Waals surface area contributed by atoms with Crippen molar-refractivity contribution in [1.29, 1.82) is 0 Å². The van der Waals surface area contributed by atoms with E-state index in [0.29, 0.717) is 36.0 Å². The first-order valence-electron chi connectivity index (χ1n) is 16.5. The number of carbonyl (C=O) groups excluding carboxylic acids is 6. The number of aryl methyl sites for hydroxylation is 1. The van der Waals surface area contributed by atoms with Crippen molar-refractivity contribution >= 4 is 58.1 Å². The summed E-state index contributed by atoms with van der Waals surface area (Å²) in [5.41, 5.74) is 11.5. The van der Waals surface area contributed by atoms with E-state index in [1.165, 1.54) is 39.8 Å². The first-order chi connectivity index (χ1) is 24.0. The van der Waals surface area contributed by atoms with E-state index >= 15 is 0 Å². The van der Waals surface area contributed by atoms with Crippen LogP contribution in [0.25, 0.3) is 11.0 Å². The number of aliphatic imine (C=N–C) groups is 1. The van der Waals surface area contributed by atoms with Gasteiger partial charge in [0.15, 0.2) is 5.96 Å². The second-order valence-electron chi connectivity index (χ2n) is 12.1. The zero-order valence-corrected chi connectivity index (χ0v) is 29.5. The molecule has 2 aromatic rings. The first-order valence-corrected chi connectivity index (χ1v) is 16.5. The molecule has 11 N–H and O–H groups in total. The molecule has 0 saturated carbocycles. The smallest absolute Gasteiger partial charge is 0.336 e. The van der Waals surface area contributed by atoms with Gasteiger partial charge in [-0.1, -0.05) is 0 Å². The molecule has 6 amide bonds. The molecule has 18 nitrogen and oxygen atoms in total. The van der Waals surface area contributed by atoms with E-state index in [4.69, 9.17) is 15.9 Å². The Kier molecular flexibility index (Phi) is 16.5. The van der Waals surface area contributed by atoms with Crippen LogP contribution in [-0.4, -0.2) is 89.9 Å². The van der Waals surface area contributed by atoms with E-state index in [0.717, 1.165) is 0 Å². The van der Waals surface area contributed by atoms with Gasteiger partial charge in [-0.05, 0) is 70.6 Å². The lowest BCUT2D eigenvalue weighted by molar-refractivity contribution is -0.135. The van der Waals surface area contributed by atoms with Gasteiger partial charge in [-0.2, -0.15) is 0 Å². The van der Waals surface area contributed by atoms with E-state index in [1.54, 1.807) is 19.1 Å². The van der Waals surface area contributed by atoms with Crippen molar-refractivity contribution in [3.8, 4) is 0 Å². The SMILES string of the molecule is CC(=O)NCCCC[C@H](NC(=O)[C@H](CCCN=C(N)N)NC(=O)[C@H](C)NC(=O)[C@@H](NC(C)=O)[C@@H](C)O)C(=O)Nc1ccc2c(C)cc(=O)oc2c1. The molecule has 280 valence electrons. The number of unbranched alkanes of at least 4 members (excludes halogenated alkanes) is 1. The molecule has 0 unspecified atom stereocenters. The number of hydrogen-bond acceptors (Lipinski definition) is 10. The molecule has 0 saturated heterocycles. The number of nitrogens with zero attached hydrogens (tertiary/aromatic N) is 1. The van der Waals surface area contributed by atoms with Gasteiger partial charge in [0.1, 0.15) is 29.8 Å². The van der Waals surface area contributed by atoms with Gasteiger partial charge in [0.25, 0.3) is 0 Å². The number of carbonyl (C=O) groups is 6. The number of benzene rings is 1. The lowest BCUT2D eigenvalue weighted by Crippen LogP contribution is -2.58. The molecule has 0 spiro atoms. The topological polar surface area (TPSA) is 289 Å². The average molecular weight is 716 g/mol. The predicted octanol–water partition coefficient (Wildman–Crippen LogP) is -1.24. The number of guanidine groups is 1. The van der Waals surface area contributed by atoms with Crippen LogP contribution < -0.4 is 49.0 Å². The van der Waals surface area contributed by atoms with Gasteiger partial charge in [-0.3, -0.25) is 33.8 Å². The minimum absolute atomic E-state index is 0.0388. The number of fused-ring (bicyclic) bond motifs is 1. The van der Waals surface area contributed by atoms with Gasteiger partial charge in [0.05, 0.1) is 6.10 Å². The number of aliphatic hydroxyl groups excluding tert-OH is 1. The first kappa shape index (κ1) is 41.7. The lowest BCUT2D eigenvalue weighted by Gasteiger charge is -2.26. The van der Waals surface area contributed by atoms with Gasteiger partial charge in [0, 0.05) is 50.1 Å². The summed E-state index contributed by atoms with van der Waals surface area (Å²) in [5, 5.41) is 26.0. The molecule has 1 aromatic carbocycles. The highest BCUT2D eigenvalue weighted by Gasteiger charge is 2.31. The Morgan fingerprint density at radius 3 is 2.10 bits per heavy atom. The van der Waals surface area contributed by atoms with Crippen LogP contribution in [0.15, 0.2) is 38.5 Å². The molecule has 1 heterocycles. The molecule has 0 aliphatic heterocycles. The Hall–Kier alpha value is -5.52. The third-order valence-corrected chi connectivity index (χ3v) is 7.60. The fourth-order valence-corrected chi connectivity index (χ4v) is 4.97. The summed E-state index contributed by atoms with van der Waals surface area (Å²) in [5.74, 6) is -3.84. The van der Waals surface area contributed by atoms with Crippen molar-refractivity contribution in [3.05, 3.63) is 40.2 Å². The Morgan fingerprint density at radius 2 is 1.47 bits per heavy atom. The number of nitrogens with two attached hydrogens (primary N) is 2. The Morgan fingerprint density at radius 1 is 0.824 bits per heavy atom. The lowest BCUT2D eigenvalue weighted by atomic mass is 10.1. The van der Waals surface area contributed by atoms with Crippen molar-refractivity contribution in [3.63, 3.8) is 0 Å². The van der Waals surface area contributed by atoms with E-state index in [1.807, 2.05) is 0 Å². The maximum atomic E-state index is 13.7. The molecular weight excluding hydrogens is 666 g/mol. The summed E-state index contributed by atoms with van der Waals surface area (Å²) in [7, 11) is 0. The van der Waals surface area contributed by atoms with Gasteiger partial charge in [0.2, 0.25) is 35.4 Å². The largest absolute Gasteiger partial charge is 0.423 e. The molecule has 0 radical (unpaired) electrons. The normalized spacial score (nSPS) is 13.8. The van der Waals surface area contributed by atoms with Crippen LogP contribution in [0.5, 0.6) is 0 Å². The molecule has 5 atom stereocenters. The fourth-order valence-electron chi connectivity index (χ4n) is 4.97. The highest BCUT2D eigenvalue weighted by Crippen LogP contribution is 2.21. The van der Waals surface area contributed by atoms with Crippen LogP contribution in [-0.2, 0) is 28.8 Å². The number of amides is 6. The zero-order valence-electron chi connectivity index (χ0n) is 29.5. The van der Waals surface area contributed by atoms with Crippen LogP contribution in [0.2, 0.25) is 0 Å². The zero-order chi connectivity index (χ0) is 38.2. The summed E-state index contributed by atoms with van der Waals surface area (Å²) in [6, 6.07) is 1.31. The fraction of sp³-hybridized carbons (Fsp3) is 0.515.